The third kappa shape index (κ3) is 5.20. The summed E-state index contributed by atoms with van der Waals surface area (Å²) in [5.41, 5.74) is -0.0887. The van der Waals surface area contributed by atoms with E-state index in [4.69, 9.17) is 4.74 Å². The Morgan fingerprint density at radius 3 is 2.83 bits per heavy atom. The highest BCUT2D eigenvalue weighted by Gasteiger charge is 2.29. The number of aliphatic imine (C=N–C) groups is 1. The van der Waals surface area contributed by atoms with Gasteiger partial charge in [-0.25, -0.2) is 4.99 Å². The van der Waals surface area contributed by atoms with E-state index in [1.165, 1.54) is 0 Å². The second-order valence-electron chi connectivity index (χ2n) is 6.42. The molecule has 1 atom stereocenters. The van der Waals surface area contributed by atoms with Gasteiger partial charge >= 0.3 is 0 Å². The largest absolute Gasteiger partial charge is 0.373 e. The number of ether oxygens (including phenoxy) is 1. The van der Waals surface area contributed by atoms with E-state index in [0.29, 0.717) is 6.54 Å². The molecular weight excluding hydrogens is 292 g/mol. The maximum absolute atomic E-state index is 5.83. The molecule has 0 saturated carbocycles. The third-order valence-electron chi connectivity index (χ3n) is 4.31. The number of aryl methyl sites for hydroxylation is 1. The number of guanidine groups is 1. The van der Waals surface area contributed by atoms with Gasteiger partial charge in [-0.2, -0.15) is 0 Å². The Labute approximate surface area is 138 Å². The molecule has 130 valence electrons. The van der Waals surface area contributed by atoms with Crippen LogP contribution in [0.1, 0.15) is 51.2 Å². The Hall–Kier alpha value is -1.63. The lowest BCUT2D eigenvalue weighted by Gasteiger charge is -2.24. The molecule has 0 aromatic carbocycles. The van der Waals surface area contributed by atoms with E-state index in [2.05, 4.69) is 39.7 Å². The van der Waals surface area contributed by atoms with Crippen molar-refractivity contribution in [1.29, 1.82) is 0 Å². The molecule has 1 aromatic rings. The summed E-state index contributed by atoms with van der Waals surface area (Å²) in [6.45, 7) is 9.32. The van der Waals surface area contributed by atoms with E-state index < -0.39 is 0 Å². The smallest absolute Gasteiger partial charge is 0.191 e. The first-order valence-electron chi connectivity index (χ1n) is 8.55. The Morgan fingerprint density at radius 1 is 1.39 bits per heavy atom. The van der Waals surface area contributed by atoms with Crippen LogP contribution >= 0.6 is 0 Å². The topological polar surface area (TPSA) is 76.4 Å². The van der Waals surface area contributed by atoms with Gasteiger partial charge in [0.25, 0.3) is 0 Å². The van der Waals surface area contributed by atoms with Crippen LogP contribution in [0.4, 0.5) is 0 Å². The second kappa shape index (κ2) is 8.29. The van der Waals surface area contributed by atoms with Crippen molar-refractivity contribution in [2.45, 2.75) is 58.6 Å². The van der Waals surface area contributed by atoms with Crippen molar-refractivity contribution in [2.24, 2.45) is 12.0 Å². The average molecular weight is 322 g/mol. The molecule has 0 amide bonds. The molecule has 2 rings (SSSR count). The van der Waals surface area contributed by atoms with Gasteiger partial charge in [0.05, 0.1) is 5.60 Å². The van der Waals surface area contributed by atoms with Crippen LogP contribution in [0.25, 0.3) is 0 Å². The van der Waals surface area contributed by atoms with Gasteiger partial charge in [0.1, 0.15) is 12.4 Å². The van der Waals surface area contributed by atoms with Crippen molar-refractivity contribution < 1.29 is 4.74 Å². The van der Waals surface area contributed by atoms with Crippen molar-refractivity contribution in [3.05, 3.63) is 11.6 Å². The maximum atomic E-state index is 5.83. The first-order chi connectivity index (χ1) is 11.0. The van der Waals surface area contributed by atoms with Crippen molar-refractivity contribution in [3.8, 4) is 0 Å². The zero-order valence-electron chi connectivity index (χ0n) is 14.9. The van der Waals surface area contributed by atoms with E-state index in [9.17, 15) is 0 Å². The van der Waals surface area contributed by atoms with Crippen LogP contribution in [0.5, 0.6) is 0 Å². The van der Waals surface area contributed by atoms with Crippen LogP contribution < -0.4 is 10.6 Å². The molecule has 0 spiro atoms. The van der Waals surface area contributed by atoms with Gasteiger partial charge in [-0.05, 0) is 33.1 Å². The molecule has 1 fully saturated rings. The van der Waals surface area contributed by atoms with Crippen molar-refractivity contribution in [3.63, 3.8) is 0 Å². The minimum absolute atomic E-state index is 0.0887. The molecule has 0 bridgehead atoms. The van der Waals surface area contributed by atoms with Crippen molar-refractivity contribution in [1.82, 2.24) is 25.4 Å². The predicted molar refractivity (Wildman–Crippen MR) is 91.4 cm³/mol. The fourth-order valence-corrected chi connectivity index (χ4v) is 2.54. The summed E-state index contributed by atoms with van der Waals surface area (Å²) in [6, 6.07) is 0. The first-order valence-corrected chi connectivity index (χ1v) is 8.55. The summed E-state index contributed by atoms with van der Waals surface area (Å²) in [6.07, 6.45) is 4.50. The number of hydrogen-bond acceptors (Lipinski definition) is 4. The minimum Gasteiger partial charge on any atom is -0.373 e. The number of nitrogens with one attached hydrogen (secondary N) is 2. The molecule has 2 N–H and O–H groups in total. The lowest BCUT2D eigenvalue weighted by atomic mass is 10.0. The van der Waals surface area contributed by atoms with Gasteiger partial charge in [-0.15, -0.1) is 10.2 Å². The summed E-state index contributed by atoms with van der Waals surface area (Å²) >= 11 is 0. The van der Waals surface area contributed by atoms with Gasteiger partial charge in [0, 0.05) is 26.7 Å². The van der Waals surface area contributed by atoms with Gasteiger partial charge in [-0.1, -0.05) is 13.3 Å². The Balaban J connectivity index is 1.94. The van der Waals surface area contributed by atoms with Gasteiger partial charge in [-0.3, -0.25) is 0 Å². The van der Waals surface area contributed by atoms with Crippen molar-refractivity contribution in [2.75, 3.05) is 19.7 Å². The Bertz CT molecular complexity index is 519. The highest BCUT2D eigenvalue weighted by atomic mass is 16.5. The van der Waals surface area contributed by atoms with Crippen LogP contribution in [0.15, 0.2) is 4.99 Å². The number of hydrogen-bond donors (Lipinski definition) is 2. The zero-order valence-corrected chi connectivity index (χ0v) is 14.9. The summed E-state index contributed by atoms with van der Waals surface area (Å²) in [7, 11) is 1.96. The third-order valence-corrected chi connectivity index (χ3v) is 4.31. The molecule has 2 heterocycles. The summed E-state index contributed by atoms with van der Waals surface area (Å²) in [5, 5.41) is 15.0. The second-order valence-corrected chi connectivity index (χ2v) is 6.42. The molecule has 7 nitrogen and oxygen atoms in total. The molecule has 1 saturated heterocycles. The summed E-state index contributed by atoms with van der Waals surface area (Å²) < 4.78 is 7.80. The fraction of sp³-hybridized carbons (Fsp3) is 0.812. The molecular formula is C16H30N6O. The minimum atomic E-state index is -0.0887. The molecule has 1 aliphatic rings. The quantitative estimate of drug-likeness (QED) is 0.452. The highest BCUT2D eigenvalue weighted by Crippen LogP contribution is 2.23. The summed E-state index contributed by atoms with van der Waals surface area (Å²) in [5.74, 6) is 2.58. The van der Waals surface area contributed by atoms with Crippen LogP contribution in [0, 0.1) is 6.92 Å². The van der Waals surface area contributed by atoms with Crippen LogP contribution in [0.2, 0.25) is 0 Å². The highest BCUT2D eigenvalue weighted by molar-refractivity contribution is 5.79. The SMILES string of the molecule is CCCCNC(=NCc1nnc(C)n1C)NCC1(C)CCCO1. The van der Waals surface area contributed by atoms with Gasteiger partial charge in [0.2, 0.25) is 0 Å². The number of aromatic nitrogens is 3. The van der Waals surface area contributed by atoms with E-state index in [1.807, 2.05) is 18.5 Å². The van der Waals surface area contributed by atoms with E-state index in [0.717, 1.165) is 63.0 Å². The Kier molecular flexibility index (Phi) is 6.38. The zero-order chi connectivity index (χ0) is 16.7. The normalized spacial score (nSPS) is 21.7. The molecule has 1 unspecified atom stereocenters. The lowest BCUT2D eigenvalue weighted by Crippen LogP contribution is -2.45. The first kappa shape index (κ1) is 17.7. The van der Waals surface area contributed by atoms with Crippen LogP contribution in [-0.2, 0) is 18.3 Å². The van der Waals surface area contributed by atoms with E-state index >= 15 is 0 Å². The van der Waals surface area contributed by atoms with Crippen LogP contribution in [-0.4, -0.2) is 46.0 Å². The molecule has 0 aliphatic carbocycles. The Morgan fingerprint density at radius 2 is 2.22 bits per heavy atom. The van der Waals surface area contributed by atoms with Crippen molar-refractivity contribution >= 4 is 5.96 Å². The lowest BCUT2D eigenvalue weighted by molar-refractivity contribution is 0.0242. The molecule has 1 aliphatic heterocycles. The number of rotatable bonds is 7. The molecule has 7 heteroatoms. The monoisotopic (exact) mass is 322 g/mol. The van der Waals surface area contributed by atoms with E-state index in [-0.39, 0.29) is 5.60 Å². The van der Waals surface area contributed by atoms with Crippen LogP contribution in [0.3, 0.4) is 0 Å². The molecule has 23 heavy (non-hydrogen) atoms. The standard InChI is InChI=1S/C16H30N6O/c1-5-6-9-17-15(19-12-16(3)8-7-10-23-16)18-11-14-21-20-13(2)22(14)4/h5-12H2,1-4H3,(H2,17,18,19). The maximum Gasteiger partial charge on any atom is 0.191 e. The summed E-state index contributed by atoms with van der Waals surface area (Å²) in [4.78, 5) is 4.65. The average Bonchev–Trinajstić information content (AvgIpc) is 3.10. The van der Waals surface area contributed by atoms with Gasteiger partial charge in [0.15, 0.2) is 11.8 Å². The fourth-order valence-electron chi connectivity index (χ4n) is 2.54. The number of nitrogens with zero attached hydrogens (tertiary/aromatic N) is 4. The predicted octanol–water partition coefficient (Wildman–Crippen LogP) is 1.53. The molecule has 0 radical (unpaired) electrons. The number of unbranched alkanes of at least 4 members (excludes halogenated alkanes) is 1. The molecule has 1 aromatic heterocycles. The van der Waals surface area contributed by atoms with Gasteiger partial charge < -0.3 is 19.9 Å². The van der Waals surface area contributed by atoms with E-state index in [1.54, 1.807) is 0 Å².